The third kappa shape index (κ3) is 2.28. The second-order valence-electron chi connectivity index (χ2n) is 4.00. The van der Waals surface area contributed by atoms with Gasteiger partial charge in [0, 0.05) is 6.54 Å². The van der Waals surface area contributed by atoms with Crippen LogP contribution in [-0.4, -0.2) is 16.5 Å². The molecule has 1 aromatic heterocycles. The second kappa shape index (κ2) is 4.29. The van der Waals surface area contributed by atoms with Crippen molar-refractivity contribution < 1.29 is 0 Å². The molecule has 0 bridgehead atoms. The van der Waals surface area contributed by atoms with Crippen LogP contribution >= 0.6 is 0 Å². The number of H-pyrrole nitrogens is 1. The van der Waals surface area contributed by atoms with Crippen LogP contribution in [0, 0.1) is 0 Å². The van der Waals surface area contributed by atoms with Crippen molar-refractivity contribution in [3.8, 4) is 0 Å². The number of benzene rings is 1. The number of aromatic amines is 1. The van der Waals surface area contributed by atoms with E-state index in [9.17, 15) is 4.79 Å². The van der Waals surface area contributed by atoms with Crippen molar-refractivity contribution in [1.82, 2.24) is 9.97 Å². The first-order valence-corrected chi connectivity index (χ1v) is 5.23. The standard InChI is InChI=1S/C12H14N4O/c1-7(2)5-14-11-4-10-8(3-9(11)13)12(17)16-6-15-10/h3-4,6,14H,1,5,13H2,2H3,(H,15,16,17). The summed E-state index contributed by atoms with van der Waals surface area (Å²) in [6, 6.07) is 3.39. The lowest BCUT2D eigenvalue weighted by Gasteiger charge is -2.09. The van der Waals surface area contributed by atoms with Crippen LogP contribution in [0.3, 0.4) is 0 Å². The summed E-state index contributed by atoms with van der Waals surface area (Å²) < 4.78 is 0. The summed E-state index contributed by atoms with van der Waals surface area (Å²) in [6.07, 6.45) is 1.38. The minimum atomic E-state index is -0.187. The molecule has 5 nitrogen and oxygen atoms in total. The van der Waals surface area contributed by atoms with E-state index in [-0.39, 0.29) is 5.56 Å². The predicted molar refractivity (Wildman–Crippen MR) is 70.1 cm³/mol. The van der Waals surface area contributed by atoms with Crippen LogP contribution in [0.5, 0.6) is 0 Å². The second-order valence-corrected chi connectivity index (χ2v) is 4.00. The maximum absolute atomic E-state index is 11.5. The van der Waals surface area contributed by atoms with Gasteiger partial charge in [-0.05, 0) is 19.1 Å². The molecule has 0 fully saturated rings. The highest BCUT2D eigenvalue weighted by atomic mass is 16.1. The van der Waals surface area contributed by atoms with Crippen LogP contribution in [0.15, 0.2) is 35.4 Å². The van der Waals surface area contributed by atoms with E-state index in [1.54, 1.807) is 12.1 Å². The molecule has 5 heteroatoms. The fraction of sp³-hybridized carbons (Fsp3) is 0.167. The highest BCUT2D eigenvalue weighted by Gasteiger charge is 2.05. The Labute approximate surface area is 98.4 Å². The largest absolute Gasteiger partial charge is 0.397 e. The number of fused-ring (bicyclic) bond motifs is 1. The van der Waals surface area contributed by atoms with E-state index in [1.165, 1.54) is 6.33 Å². The van der Waals surface area contributed by atoms with Crippen LogP contribution < -0.4 is 16.6 Å². The Bertz CT molecular complexity index is 630. The van der Waals surface area contributed by atoms with Gasteiger partial charge < -0.3 is 16.0 Å². The Kier molecular flexibility index (Phi) is 2.82. The highest BCUT2D eigenvalue weighted by molar-refractivity contribution is 5.88. The van der Waals surface area contributed by atoms with Crippen LogP contribution in [0.1, 0.15) is 6.92 Å². The molecular weight excluding hydrogens is 216 g/mol. The predicted octanol–water partition coefficient (Wildman–Crippen LogP) is 1.49. The lowest BCUT2D eigenvalue weighted by molar-refractivity contribution is 1.17. The van der Waals surface area contributed by atoms with Gasteiger partial charge in [-0.25, -0.2) is 4.98 Å². The molecule has 0 spiro atoms. The van der Waals surface area contributed by atoms with Gasteiger partial charge >= 0.3 is 0 Å². The van der Waals surface area contributed by atoms with Crippen LogP contribution in [0.4, 0.5) is 11.4 Å². The molecule has 0 aliphatic heterocycles. The van der Waals surface area contributed by atoms with Crippen molar-refractivity contribution in [3.63, 3.8) is 0 Å². The van der Waals surface area contributed by atoms with Crippen molar-refractivity contribution >= 4 is 22.3 Å². The molecule has 0 atom stereocenters. The normalized spacial score (nSPS) is 10.4. The molecule has 2 rings (SSSR count). The van der Waals surface area contributed by atoms with Gasteiger partial charge in [-0.2, -0.15) is 0 Å². The first-order valence-electron chi connectivity index (χ1n) is 5.23. The van der Waals surface area contributed by atoms with Gasteiger partial charge in [-0.3, -0.25) is 4.79 Å². The van der Waals surface area contributed by atoms with Crippen molar-refractivity contribution in [2.24, 2.45) is 0 Å². The zero-order valence-corrected chi connectivity index (χ0v) is 9.58. The Morgan fingerprint density at radius 2 is 2.35 bits per heavy atom. The van der Waals surface area contributed by atoms with E-state index >= 15 is 0 Å². The zero-order valence-electron chi connectivity index (χ0n) is 9.58. The number of hydrogen-bond donors (Lipinski definition) is 3. The first kappa shape index (κ1) is 11.2. The molecule has 88 valence electrons. The number of nitrogens with two attached hydrogens (primary N) is 1. The third-order valence-electron chi connectivity index (χ3n) is 2.39. The van der Waals surface area contributed by atoms with E-state index in [0.717, 1.165) is 11.3 Å². The number of hydrogen-bond acceptors (Lipinski definition) is 4. The quantitative estimate of drug-likeness (QED) is 0.551. The number of rotatable bonds is 3. The molecule has 1 aromatic carbocycles. The summed E-state index contributed by atoms with van der Waals surface area (Å²) in [7, 11) is 0. The van der Waals surface area contributed by atoms with Crippen LogP contribution in [-0.2, 0) is 0 Å². The van der Waals surface area contributed by atoms with E-state index in [1.807, 2.05) is 6.92 Å². The van der Waals surface area contributed by atoms with Gasteiger partial charge in [0.2, 0.25) is 0 Å². The summed E-state index contributed by atoms with van der Waals surface area (Å²) in [4.78, 5) is 18.1. The maximum atomic E-state index is 11.5. The summed E-state index contributed by atoms with van der Waals surface area (Å²) in [5.41, 5.74) is 8.59. The summed E-state index contributed by atoms with van der Waals surface area (Å²) in [5, 5.41) is 3.64. The summed E-state index contributed by atoms with van der Waals surface area (Å²) in [5.74, 6) is 0. The number of nitrogen functional groups attached to an aromatic ring is 1. The van der Waals surface area contributed by atoms with Gasteiger partial charge in [0.05, 0.1) is 28.6 Å². The van der Waals surface area contributed by atoms with Gasteiger partial charge in [0.1, 0.15) is 0 Å². The monoisotopic (exact) mass is 230 g/mol. The van der Waals surface area contributed by atoms with E-state index in [0.29, 0.717) is 23.1 Å². The average Bonchev–Trinajstić information content (AvgIpc) is 2.28. The molecule has 0 radical (unpaired) electrons. The number of anilines is 2. The third-order valence-corrected chi connectivity index (χ3v) is 2.39. The molecule has 0 aliphatic rings. The fourth-order valence-electron chi connectivity index (χ4n) is 1.53. The molecular formula is C12H14N4O. The van der Waals surface area contributed by atoms with Gasteiger partial charge in [0.25, 0.3) is 5.56 Å². The topological polar surface area (TPSA) is 83.8 Å². The minimum absolute atomic E-state index is 0.187. The zero-order chi connectivity index (χ0) is 12.4. The van der Waals surface area contributed by atoms with Gasteiger partial charge in [0.15, 0.2) is 0 Å². The molecule has 2 aromatic rings. The Balaban J connectivity index is 2.48. The van der Waals surface area contributed by atoms with Crippen molar-refractivity contribution in [2.45, 2.75) is 6.92 Å². The lowest BCUT2D eigenvalue weighted by atomic mass is 10.2. The van der Waals surface area contributed by atoms with Crippen molar-refractivity contribution in [2.75, 3.05) is 17.6 Å². The SMILES string of the molecule is C=C(C)CNc1cc2nc[nH]c(=O)c2cc1N. The molecule has 17 heavy (non-hydrogen) atoms. The molecule has 1 heterocycles. The van der Waals surface area contributed by atoms with Crippen molar-refractivity contribution in [1.29, 1.82) is 0 Å². The van der Waals surface area contributed by atoms with E-state index in [4.69, 9.17) is 5.73 Å². The molecule has 0 saturated heterocycles. The summed E-state index contributed by atoms with van der Waals surface area (Å²) >= 11 is 0. The van der Waals surface area contributed by atoms with Crippen LogP contribution in [0.2, 0.25) is 0 Å². The molecule has 4 N–H and O–H groups in total. The van der Waals surface area contributed by atoms with Gasteiger partial charge in [-0.1, -0.05) is 12.2 Å². The molecule has 0 saturated carbocycles. The summed E-state index contributed by atoms with van der Waals surface area (Å²) in [6.45, 7) is 6.36. The average molecular weight is 230 g/mol. The lowest BCUT2D eigenvalue weighted by Crippen LogP contribution is -2.09. The smallest absolute Gasteiger partial charge is 0.258 e. The molecule has 0 aliphatic carbocycles. The van der Waals surface area contributed by atoms with Crippen molar-refractivity contribution in [3.05, 3.63) is 41.0 Å². The number of nitrogens with zero attached hydrogens (tertiary/aromatic N) is 1. The van der Waals surface area contributed by atoms with E-state index in [2.05, 4.69) is 21.9 Å². The Hall–Kier alpha value is -2.30. The fourth-order valence-corrected chi connectivity index (χ4v) is 1.53. The van der Waals surface area contributed by atoms with E-state index < -0.39 is 0 Å². The minimum Gasteiger partial charge on any atom is -0.397 e. The molecule has 0 amide bonds. The maximum Gasteiger partial charge on any atom is 0.258 e. The number of aromatic nitrogens is 2. The molecule has 0 unspecified atom stereocenters. The van der Waals surface area contributed by atoms with Gasteiger partial charge in [-0.15, -0.1) is 0 Å². The number of nitrogens with one attached hydrogen (secondary N) is 2. The highest BCUT2D eigenvalue weighted by Crippen LogP contribution is 2.22. The first-order chi connectivity index (χ1) is 8.08. The van der Waals surface area contributed by atoms with Crippen LogP contribution in [0.25, 0.3) is 10.9 Å². The Morgan fingerprint density at radius 1 is 1.59 bits per heavy atom. The Morgan fingerprint density at radius 3 is 3.06 bits per heavy atom.